The van der Waals surface area contributed by atoms with Gasteiger partial charge in [0.2, 0.25) is 0 Å². The molecule has 0 aliphatic heterocycles. The smallest absolute Gasteiger partial charge is 0.277 e. The molecular formula is C18H17ClN2O2. The number of halogens is 1. The number of allylic oxidation sites excluding steroid dienone is 1. The minimum atomic E-state index is -0.332. The molecule has 0 bridgehead atoms. The fourth-order valence-corrected chi connectivity index (χ4v) is 1.88. The highest BCUT2D eigenvalue weighted by Gasteiger charge is 2.02. The number of ether oxygens (including phenoxy) is 1. The molecule has 0 spiro atoms. The maximum Gasteiger partial charge on any atom is 0.277 e. The van der Waals surface area contributed by atoms with Gasteiger partial charge in [-0.25, -0.2) is 5.43 Å². The molecule has 0 saturated carbocycles. The molecule has 0 heterocycles. The summed E-state index contributed by atoms with van der Waals surface area (Å²) < 4.78 is 5.37. The average molecular weight is 329 g/mol. The summed E-state index contributed by atoms with van der Waals surface area (Å²) in [5.41, 5.74) is 4.35. The van der Waals surface area contributed by atoms with E-state index in [4.69, 9.17) is 16.3 Å². The number of carbonyl (C=O) groups is 1. The maximum atomic E-state index is 11.6. The Morgan fingerprint density at radius 1 is 1.26 bits per heavy atom. The first-order chi connectivity index (χ1) is 11.1. The number of hydrogen-bond acceptors (Lipinski definition) is 3. The predicted molar refractivity (Wildman–Crippen MR) is 93.8 cm³/mol. The molecule has 1 amide bonds. The quantitative estimate of drug-likeness (QED) is 0.647. The van der Waals surface area contributed by atoms with E-state index < -0.39 is 0 Å². The lowest BCUT2D eigenvalue weighted by atomic mass is 10.2. The highest BCUT2D eigenvalue weighted by atomic mass is 35.5. The Bertz CT molecular complexity index is 712. The number of hydrogen-bond donors (Lipinski definition) is 1. The summed E-state index contributed by atoms with van der Waals surface area (Å²) in [5, 5.41) is 4.48. The normalized spacial score (nSPS) is 11.0. The number of nitrogens with zero attached hydrogens (tertiary/aromatic N) is 1. The molecule has 2 rings (SSSR count). The van der Waals surface area contributed by atoms with Crippen molar-refractivity contribution in [2.75, 3.05) is 6.61 Å². The first kappa shape index (κ1) is 16.8. The SMILES string of the molecule is Cc1cc(OCC(=O)N/N=C\C=C\c2ccccc2)ccc1Cl. The molecule has 0 radical (unpaired) electrons. The number of hydrazone groups is 1. The number of carbonyl (C=O) groups excluding carboxylic acids is 1. The number of nitrogens with one attached hydrogen (secondary N) is 1. The molecule has 118 valence electrons. The van der Waals surface area contributed by atoms with Crippen molar-refractivity contribution in [2.45, 2.75) is 6.92 Å². The van der Waals surface area contributed by atoms with Crippen molar-refractivity contribution >= 4 is 29.8 Å². The Balaban J connectivity index is 1.73. The van der Waals surface area contributed by atoms with Crippen molar-refractivity contribution in [3.05, 3.63) is 70.8 Å². The van der Waals surface area contributed by atoms with Gasteiger partial charge in [0.15, 0.2) is 6.61 Å². The van der Waals surface area contributed by atoms with Gasteiger partial charge in [-0.2, -0.15) is 5.10 Å². The molecular weight excluding hydrogens is 312 g/mol. The molecule has 5 heteroatoms. The zero-order valence-corrected chi connectivity index (χ0v) is 13.5. The average Bonchev–Trinajstić information content (AvgIpc) is 2.56. The van der Waals surface area contributed by atoms with E-state index in [9.17, 15) is 4.79 Å². The van der Waals surface area contributed by atoms with Crippen LogP contribution in [0.15, 0.2) is 59.7 Å². The second kappa shape index (κ2) is 8.76. The fourth-order valence-electron chi connectivity index (χ4n) is 1.76. The number of aryl methyl sites for hydroxylation is 1. The van der Waals surface area contributed by atoms with Gasteiger partial charge in [0.1, 0.15) is 5.75 Å². The Hall–Kier alpha value is -2.59. The molecule has 0 atom stereocenters. The van der Waals surface area contributed by atoms with Gasteiger partial charge in [-0.15, -0.1) is 0 Å². The highest BCUT2D eigenvalue weighted by Crippen LogP contribution is 2.20. The van der Waals surface area contributed by atoms with Crippen LogP contribution in [0.5, 0.6) is 5.75 Å². The lowest BCUT2D eigenvalue weighted by Gasteiger charge is -2.06. The largest absolute Gasteiger partial charge is 0.484 e. The van der Waals surface area contributed by atoms with E-state index >= 15 is 0 Å². The van der Waals surface area contributed by atoms with Crippen LogP contribution in [0.1, 0.15) is 11.1 Å². The minimum absolute atomic E-state index is 0.110. The zero-order chi connectivity index (χ0) is 16.5. The molecule has 0 unspecified atom stereocenters. The zero-order valence-electron chi connectivity index (χ0n) is 12.7. The van der Waals surface area contributed by atoms with Crippen LogP contribution in [0, 0.1) is 6.92 Å². The van der Waals surface area contributed by atoms with E-state index in [1.165, 1.54) is 6.21 Å². The molecule has 1 N–H and O–H groups in total. The van der Waals surface area contributed by atoms with Crippen molar-refractivity contribution in [3.63, 3.8) is 0 Å². The lowest BCUT2D eigenvalue weighted by Crippen LogP contribution is -2.24. The van der Waals surface area contributed by atoms with Gasteiger partial charge < -0.3 is 4.74 Å². The second-order valence-electron chi connectivity index (χ2n) is 4.78. The fraction of sp³-hybridized carbons (Fsp3) is 0.111. The topological polar surface area (TPSA) is 50.7 Å². The van der Waals surface area contributed by atoms with Gasteiger partial charge in [-0.05, 0) is 42.3 Å². The van der Waals surface area contributed by atoms with Gasteiger partial charge in [0.05, 0.1) is 0 Å². The molecule has 4 nitrogen and oxygen atoms in total. The third-order valence-electron chi connectivity index (χ3n) is 2.94. The molecule has 2 aromatic rings. The third-order valence-corrected chi connectivity index (χ3v) is 3.36. The van der Waals surface area contributed by atoms with Crippen molar-refractivity contribution in [1.29, 1.82) is 0 Å². The summed E-state index contributed by atoms with van der Waals surface area (Å²) >= 11 is 5.93. The first-order valence-electron chi connectivity index (χ1n) is 7.08. The van der Waals surface area contributed by atoms with Crippen LogP contribution in [0.25, 0.3) is 6.08 Å². The van der Waals surface area contributed by atoms with E-state index in [0.29, 0.717) is 10.8 Å². The summed E-state index contributed by atoms with van der Waals surface area (Å²) in [6, 6.07) is 15.0. The number of amides is 1. The van der Waals surface area contributed by atoms with Crippen molar-refractivity contribution in [1.82, 2.24) is 5.43 Å². The molecule has 0 aromatic heterocycles. The van der Waals surface area contributed by atoms with Crippen LogP contribution in [0.4, 0.5) is 0 Å². The molecule has 0 saturated heterocycles. The van der Waals surface area contributed by atoms with E-state index in [1.54, 1.807) is 24.3 Å². The predicted octanol–water partition coefficient (Wildman–Crippen LogP) is 3.84. The van der Waals surface area contributed by atoms with Crippen LogP contribution in [-0.2, 0) is 4.79 Å². The van der Waals surface area contributed by atoms with Gasteiger partial charge >= 0.3 is 0 Å². The number of rotatable bonds is 6. The summed E-state index contributed by atoms with van der Waals surface area (Å²) in [7, 11) is 0. The highest BCUT2D eigenvalue weighted by molar-refractivity contribution is 6.31. The lowest BCUT2D eigenvalue weighted by molar-refractivity contribution is -0.123. The Kier molecular flexibility index (Phi) is 6.39. The molecule has 2 aromatic carbocycles. The molecule has 0 aliphatic rings. The minimum Gasteiger partial charge on any atom is -0.484 e. The van der Waals surface area contributed by atoms with Crippen molar-refractivity contribution in [3.8, 4) is 5.75 Å². The standard InChI is InChI=1S/C18H17ClN2O2/c1-14-12-16(9-10-17(14)19)23-13-18(22)21-20-11-5-8-15-6-3-2-4-7-15/h2-12H,13H2,1H3,(H,21,22)/b8-5+,20-11-. The van der Waals surface area contributed by atoms with Crippen LogP contribution >= 0.6 is 11.6 Å². The summed E-state index contributed by atoms with van der Waals surface area (Å²) in [6.45, 7) is 1.76. The van der Waals surface area contributed by atoms with Crippen LogP contribution in [0.2, 0.25) is 5.02 Å². The Morgan fingerprint density at radius 2 is 2.04 bits per heavy atom. The van der Waals surface area contributed by atoms with Gasteiger partial charge in [-0.1, -0.05) is 48.0 Å². The summed E-state index contributed by atoms with van der Waals surface area (Å²) in [5.74, 6) is 0.261. The van der Waals surface area contributed by atoms with Gasteiger partial charge in [0, 0.05) is 11.2 Å². The Morgan fingerprint density at radius 3 is 2.78 bits per heavy atom. The van der Waals surface area contributed by atoms with Crippen LogP contribution < -0.4 is 10.2 Å². The van der Waals surface area contributed by atoms with E-state index in [1.807, 2.05) is 43.3 Å². The van der Waals surface area contributed by atoms with Crippen LogP contribution in [0.3, 0.4) is 0 Å². The molecule has 0 fully saturated rings. The monoisotopic (exact) mass is 328 g/mol. The Labute approximate surface area is 140 Å². The van der Waals surface area contributed by atoms with Crippen molar-refractivity contribution in [2.24, 2.45) is 5.10 Å². The van der Waals surface area contributed by atoms with Gasteiger partial charge in [-0.3, -0.25) is 4.79 Å². The molecule has 23 heavy (non-hydrogen) atoms. The van der Waals surface area contributed by atoms with Crippen molar-refractivity contribution < 1.29 is 9.53 Å². The molecule has 0 aliphatic carbocycles. The van der Waals surface area contributed by atoms with Gasteiger partial charge in [0.25, 0.3) is 5.91 Å². The van der Waals surface area contributed by atoms with Crippen LogP contribution in [-0.4, -0.2) is 18.7 Å². The summed E-state index contributed by atoms with van der Waals surface area (Å²) in [4.78, 5) is 11.6. The van der Waals surface area contributed by atoms with E-state index in [2.05, 4.69) is 10.5 Å². The van der Waals surface area contributed by atoms with E-state index in [0.717, 1.165) is 11.1 Å². The maximum absolute atomic E-state index is 11.6. The summed E-state index contributed by atoms with van der Waals surface area (Å²) in [6.07, 6.45) is 5.15. The first-order valence-corrected chi connectivity index (χ1v) is 7.45. The van der Waals surface area contributed by atoms with E-state index in [-0.39, 0.29) is 12.5 Å². The third kappa shape index (κ3) is 5.96. The number of benzene rings is 2. The second-order valence-corrected chi connectivity index (χ2v) is 5.19.